The van der Waals surface area contributed by atoms with Gasteiger partial charge in [-0.15, -0.1) is 0 Å². The Balaban J connectivity index is 2.90. The zero-order valence-corrected chi connectivity index (χ0v) is 12.3. The molecule has 0 saturated carbocycles. The fourth-order valence-corrected chi connectivity index (χ4v) is 2.93. The number of nitrogens with two attached hydrogens (primary N) is 1. The Kier molecular flexibility index (Phi) is 5.51. The first-order valence-corrected chi connectivity index (χ1v) is 8.53. The second kappa shape index (κ2) is 6.49. The molecule has 0 heterocycles. The highest BCUT2D eigenvalue weighted by atomic mass is 32.2. The summed E-state index contributed by atoms with van der Waals surface area (Å²) < 4.78 is 49.2. The molecule has 0 aliphatic heterocycles. The van der Waals surface area contributed by atoms with Crippen molar-refractivity contribution in [2.24, 2.45) is 5.14 Å². The number of phosphoric ester groups is 1. The van der Waals surface area contributed by atoms with Crippen molar-refractivity contribution in [1.82, 2.24) is 0 Å². The van der Waals surface area contributed by atoms with Gasteiger partial charge in [-0.05, 0) is 38.1 Å². The van der Waals surface area contributed by atoms with Crippen LogP contribution in [0.2, 0.25) is 0 Å². The van der Waals surface area contributed by atoms with Crippen molar-refractivity contribution in [2.75, 3.05) is 13.2 Å². The molecular formula is C10H16NO6PS. The Morgan fingerprint density at radius 2 is 1.58 bits per heavy atom. The fraction of sp³-hybridized carbons (Fsp3) is 0.400. The number of hydrogen-bond donors (Lipinski definition) is 1. The molecular weight excluding hydrogens is 293 g/mol. The quantitative estimate of drug-likeness (QED) is 0.771. The van der Waals surface area contributed by atoms with Gasteiger partial charge < -0.3 is 4.52 Å². The molecule has 0 aliphatic rings. The van der Waals surface area contributed by atoms with E-state index in [1.165, 1.54) is 24.3 Å². The van der Waals surface area contributed by atoms with E-state index in [-0.39, 0.29) is 23.9 Å². The van der Waals surface area contributed by atoms with E-state index in [1.54, 1.807) is 13.8 Å². The van der Waals surface area contributed by atoms with Crippen LogP contribution in [-0.4, -0.2) is 21.6 Å². The number of phosphoric acid groups is 1. The first-order chi connectivity index (χ1) is 8.80. The zero-order valence-electron chi connectivity index (χ0n) is 10.6. The number of hydrogen-bond acceptors (Lipinski definition) is 6. The third kappa shape index (κ3) is 4.93. The van der Waals surface area contributed by atoms with Crippen molar-refractivity contribution in [1.29, 1.82) is 0 Å². The second-order valence-electron chi connectivity index (χ2n) is 3.39. The molecule has 1 rings (SSSR count). The van der Waals surface area contributed by atoms with Gasteiger partial charge in [0.15, 0.2) is 0 Å². The number of primary sulfonamides is 1. The molecule has 0 fully saturated rings. The molecule has 0 aliphatic carbocycles. The number of rotatable bonds is 7. The monoisotopic (exact) mass is 309 g/mol. The van der Waals surface area contributed by atoms with Crippen LogP contribution in [0.25, 0.3) is 0 Å². The topological polar surface area (TPSA) is 105 Å². The molecule has 0 saturated heterocycles. The molecule has 0 unspecified atom stereocenters. The molecule has 9 heteroatoms. The van der Waals surface area contributed by atoms with Gasteiger partial charge in [0.1, 0.15) is 5.75 Å². The van der Waals surface area contributed by atoms with Crippen molar-refractivity contribution in [2.45, 2.75) is 18.7 Å². The first kappa shape index (κ1) is 16.1. The lowest BCUT2D eigenvalue weighted by Crippen LogP contribution is -2.11. The highest BCUT2D eigenvalue weighted by Crippen LogP contribution is 2.49. The van der Waals surface area contributed by atoms with Crippen molar-refractivity contribution in [3.05, 3.63) is 24.3 Å². The lowest BCUT2D eigenvalue weighted by atomic mass is 10.3. The Morgan fingerprint density at radius 3 is 1.95 bits per heavy atom. The molecule has 0 atom stereocenters. The normalized spacial score (nSPS) is 12.4. The molecule has 0 amide bonds. The fourth-order valence-electron chi connectivity index (χ4n) is 1.23. The lowest BCUT2D eigenvalue weighted by Gasteiger charge is -2.16. The van der Waals surface area contributed by atoms with Crippen molar-refractivity contribution in [3.8, 4) is 5.75 Å². The van der Waals surface area contributed by atoms with E-state index in [0.717, 1.165) is 0 Å². The van der Waals surface area contributed by atoms with Gasteiger partial charge in [-0.25, -0.2) is 18.1 Å². The van der Waals surface area contributed by atoms with E-state index < -0.39 is 17.8 Å². The minimum absolute atomic E-state index is 0.0671. The van der Waals surface area contributed by atoms with Gasteiger partial charge in [-0.1, -0.05) is 0 Å². The van der Waals surface area contributed by atoms with E-state index in [1.807, 2.05) is 0 Å². The highest BCUT2D eigenvalue weighted by Gasteiger charge is 2.27. The minimum atomic E-state index is -3.77. The summed E-state index contributed by atoms with van der Waals surface area (Å²) in [6.45, 7) is 3.62. The van der Waals surface area contributed by atoms with Gasteiger partial charge in [0, 0.05) is 0 Å². The molecule has 108 valence electrons. The van der Waals surface area contributed by atoms with Crippen molar-refractivity contribution < 1.29 is 26.6 Å². The summed E-state index contributed by atoms with van der Waals surface area (Å²) in [5.41, 5.74) is 0. The predicted octanol–water partition coefficient (Wildman–Crippen LogP) is 1.89. The van der Waals surface area contributed by atoms with Crippen LogP contribution >= 0.6 is 7.82 Å². The van der Waals surface area contributed by atoms with Gasteiger partial charge in [0.05, 0.1) is 18.1 Å². The smallest absolute Gasteiger partial charge is 0.404 e. The summed E-state index contributed by atoms with van der Waals surface area (Å²) >= 11 is 0. The Bertz CT molecular complexity index is 546. The summed E-state index contributed by atoms with van der Waals surface area (Å²) in [5, 5.41) is 4.96. The van der Waals surface area contributed by atoms with Crippen LogP contribution in [0.4, 0.5) is 0 Å². The number of benzene rings is 1. The molecule has 7 nitrogen and oxygen atoms in total. The summed E-state index contributed by atoms with van der Waals surface area (Å²) in [7, 11) is -7.45. The van der Waals surface area contributed by atoms with Gasteiger partial charge in [0.25, 0.3) is 0 Å². The largest absolute Gasteiger partial charge is 0.530 e. The first-order valence-electron chi connectivity index (χ1n) is 5.52. The Morgan fingerprint density at radius 1 is 1.11 bits per heavy atom. The standard InChI is InChI=1S/C10H16NO6PS/c1-3-15-18(12,16-4-2)17-9-5-7-10(8-6-9)19(11,13)14/h5-8H,3-4H2,1-2H3,(H2,11,13,14). The average Bonchev–Trinajstić information content (AvgIpc) is 2.28. The molecule has 2 N–H and O–H groups in total. The Labute approximate surface area is 112 Å². The van der Waals surface area contributed by atoms with E-state index in [2.05, 4.69) is 0 Å². The van der Waals surface area contributed by atoms with Crippen LogP contribution in [0.15, 0.2) is 29.2 Å². The molecule has 0 radical (unpaired) electrons. The van der Waals surface area contributed by atoms with Crippen LogP contribution in [0.1, 0.15) is 13.8 Å². The SMILES string of the molecule is CCOP(=O)(OCC)Oc1ccc(S(N)(=O)=O)cc1. The molecule has 1 aromatic rings. The van der Waals surface area contributed by atoms with Crippen LogP contribution in [0, 0.1) is 0 Å². The van der Waals surface area contributed by atoms with Crippen molar-refractivity contribution in [3.63, 3.8) is 0 Å². The van der Waals surface area contributed by atoms with Crippen LogP contribution in [0.3, 0.4) is 0 Å². The van der Waals surface area contributed by atoms with E-state index in [9.17, 15) is 13.0 Å². The predicted molar refractivity (Wildman–Crippen MR) is 69.3 cm³/mol. The van der Waals surface area contributed by atoms with Crippen LogP contribution in [-0.2, 0) is 23.6 Å². The number of sulfonamides is 1. The summed E-state index contributed by atoms with van der Waals surface area (Å²) in [5.74, 6) is 0.164. The highest BCUT2D eigenvalue weighted by molar-refractivity contribution is 7.89. The summed E-state index contributed by atoms with van der Waals surface area (Å²) in [6, 6.07) is 5.13. The zero-order chi connectivity index (χ0) is 14.5. The van der Waals surface area contributed by atoms with E-state index in [0.29, 0.717) is 0 Å². The molecule has 19 heavy (non-hydrogen) atoms. The second-order valence-corrected chi connectivity index (χ2v) is 6.55. The minimum Gasteiger partial charge on any atom is -0.404 e. The van der Waals surface area contributed by atoms with Crippen LogP contribution < -0.4 is 9.66 Å². The maximum absolute atomic E-state index is 12.1. The molecule has 0 bridgehead atoms. The lowest BCUT2D eigenvalue weighted by molar-refractivity contribution is 0.167. The summed E-state index contributed by atoms with van der Waals surface area (Å²) in [4.78, 5) is -0.0671. The van der Waals surface area contributed by atoms with Crippen molar-refractivity contribution >= 4 is 17.8 Å². The Hall–Kier alpha value is -0.920. The molecule has 1 aromatic carbocycles. The maximum Gasteiger partial charge on any atom is 0.530 e. The third-order valence-electron chi connectivity index (χ3n) is 1.94. The van der Waals surface area contributed by atoms with Gasteiger partial charge in [-0.2, -0.15) is 0 Å². The maximum atomic E-state index is 12.1. The molecule has 0 spiro atoms. The van der Waals surface area contributed by atoms with Gasteiger partial charge in [-0.3, -0.25) is 9.05 Å². The molecule has 0 aromatic heterocycles. The van der Waals surface area contributed by atoms with Crippen LogP contribution in [0.5, 0.6) is 5.75 Å². The van der Waals surface area contributed by atoms with E-state index in [4.69, 9.17) is 18.7 Å². The third-order valence-corrected chi connectivity index (χ3v) is 4.46. The van der Waals surface area contributed by atoms with Gasteiger partial charge >= 0.3 is 7.82 Å². The van der Waals surface area contributed by atoms with E-state index >= 15 is 0 Å². The summed E-state index contributed by atoms with van der Waals surface area (Å²) in [6.07, 6.45) is 0. The average molecular weight is 309 g/mol. The van der Waals surface area contributed by atoms with Gasteiger partial charge in [0.2, 0.25) is 10.0 Å².